The van der Waals surface area contributed by atoms with Crippen molar-refractivity contribution in [3.63, 3.8) is 0 Å². The molecule has 0 atom stereocenters. The molecule has 0 amide bonds. The molecule has 3 aromatic carbocycles. The Labute approximate surface area is 240 Å². The number of carbonyl (C=O) groups excluding carboxylic acids is 1. The summed E-state index contributed by atoms with van der Waals surface area (Å²) >= 11 is 0. The van der Waals surface area contributed by atoms with Gasteiger partial charge in [-0.25, -0.2) is 14.2 Å². The van der Waals surface area contributed by atoms with Crippen molar-refractivity contribution >= 4 is 5.97 Å². The predicted molar refractivity (Wildman–Crippen MR) is 160 cm³/mol. The molecule has 0 bridgehead atoms. The first-order valence-electron chi connectivity index (χ1n) is 13.5. The first kappa shape index (κ1) is 27.7. The van der Waals surface area contributed by atoms with Crippen molar-refractivity contribution in [2.75, 3.05) is 0 Å². The number of nitrogens with zero attached hydrogens (tertiary/aromatic N) is 6. The lowest BCUT2D eigenvalue weighted by Crippen LogP contribution is -2.05. The molecule has 5 aromatic rings. The van der Waals surface area contributed by atoms with Crippen molar-refractivity contribution in [2.45, 2.75) is 55.1 Å². The number of hydrogen-bond acceptors (Lipinski definition) is 6. The van der Waals surface area contributed by atoms with Crippen LogP contribution < -0.4 is 0 Å². The minimum Gasteiger partial charge on any atom is -0.457 e. The smallest absolute Gasteiger partial charge is 0.333 e. The summed E-state index contributed by atoms with van der Waals surface area (Å²) in [7, 11) is 0. The molecule has 2 aromatic heterocycles. The molecule has 0 fully saturated rings. The van der Waals surface area contributed by atoms with Gasteiger partial charge in [0.15, 0.2) is 0 Å². The number of rotatable bonds is 7. The lowest BCUT2D eigenvalue weighted by Gasteiger charge is -2.11. The third kappa shape index (κ3) is 5.72. The van der Waals surface area contributed by atoms with Gasteiger partial charge in [-0.1, -0.05) is 52.4 Å². The summed E-state index contributed by atoms with van der Waals surface area (Å²) in [4.78, 5) is 12.1. The third-order valence-corrected chi connectivity index (χ3v) is 7.02. The number of carbonyl (C=O) groups is 1. The minimum atomic E-state index is -0.440. The Morgan fingerprint density at radius 3 is 1.51 bits per heavy atom. The monoisotopic (exact) mass is 546 g/mol. The molecule has 0 saturated carbocycles. The third-order valence-electron chi connectivity index (χ3n) is 7.02. The number of benzene rings is 3. The van der Waals surface area contributed by atoms with E-state index in [1.165, 1.54) is 11.1 Å². The van der Waals surface area contributed by atoms with Gasteiger partial charge < -0.3 is 4.74 Å². The predicted octanol–water partition coefficient (Wildman–Crippen LogP) is 6.65. The van der Waals surface area contributed by atoms with E-state index in [4.69, 9.17) is 4.74 Å². The van der Waals surface area contributed by atoms with E-state index in [0.717, 1.165) is 50.3 Å². The summed E-state index contributed by atoms with van der Waals surface area (Å²) in [6.07, 6.45) is 3.84. The van der Waals surface area contributed by atoms with Crippen LogP contribution in [-0.4, -0.2) is 36.0 Å². The van der Waals surface area contributed by atoms with E-state index in [-0.39, 0.29) is 6.61 Å². The minimum absolute atomic E-state index is 0.0845. The topological polar surface area (TPSA) is 87.7 Å². The van der Waals surface area contributed by atoms with E-state index in [0.29, 0.717) is 17.0 Å². The van der Waals surface area contributed by atoms with Crippen LogP contribution in [0.15, 0.2) is 67.0 Å². The van der Waals surface area contributed by atoms with Gasteiger partial charge in [-0.3, -0.25) is 0 Å². The average molecular weight is 547 g/mol. The highest BCUT2D eigenvalue weighted by Gasteiger charge is 2.16. The Morgan fingerprint density at radius 2 is 1.12 bits per heavy atom. The van der Waals surface area contributed by atoms with Crippen molar-refractivity contribution in [2.24, 2.45) is 0 Å². The second-order valence-corrected chi connectivity index (χ2v) is 10.9. The lowest BCUT2D eigenvalue weighted by molar-refractivity contribution is -0.140. The van der Waals surface area contributed by atoms with Crippen molar-refractivity contribution in [3.8, 4) is 33.9 Å². The van der Waals surface area contributed by atoms with E-state index in [1.807, 2.05) is 40.0 Å². The molecule has 0 N–H and O–H groups in total. The van der Waals surface area contributed by atoms with Crippen LogP contribution in [0.2, 0.25) is 0 Å². The first-order valence-corrected chi connectivity index (χ1v) is 13.5. The number of ether oxygens (including phenoxy) is 1. The van der Waals surface area contributed by atoms with E-state index < -0.39 is 5.97 Å². The Bertz CT molecular complexity index is 1650. The largest absolute Gasteiger partial charge is 0.457 e. The van der Waals surface area contributed by atoms with Gasteiger partial charge in [-0.15, -0.1) is 10.2 Å². The van der Waals surface area contributed by atoms with Crippen molar-refractivity contribution in [1.82, 2.24) is 30.0 Å². The van der Waals surface area contributed by atoms with Crippen molar-refractivity contribution < 1.29 is 9.53 Å². The second kappa shape index (κ2) is 11.0. The molecule has 8 nitrogen and oxygen atoms in total. The highest BCUT2D eigenvalue weighted by Crippen LogP contribution is 2.29. The molecule has 5 rings (SSSR count). The van der Waals surface area contributed by atoms with Crippen molar-refractivity contribution in [3.05, 3.63) is 106 Å². The van der Waals surface area contributed by atoms with Gasteiger partial charge in [-0.05, 0) is 94.5 Å². The average Bonchev–Trinajstić information content (AvgIpc) is 3.57. The van der Waals surface area contributed by atoms with Crippen LogP contribution in [0.1, 0.15) is 45.9 Å². The zero-order chi connectivity index (χ0) is 29.4. The quantitative estimate of drug-likeness (QED) is 0.168. The van der Waals surface area contributed by atoms with Crippen LogP contribution in [0.25, 0.3) is 33.9 Å². The highest BCUT2D eigenvalue weighted by atomic mass is 16.5. The van der Waals surface area contributed by atoms with Gasteiger partial charge in [0.25, 0.3) is 0 Å². The molecule has 0 aliphatic heterocycles. The van der Waals surface area contributed by atoms with Gasteiger partial charge in [0.1, 0.15) is 18.0 Å². The zero-order valence-electron chi connectivity index (χ0n) is 24.6. The summed E-state index contributed by atoms with van der Waals surface area (Å²) in [5.41, 5.74) is 13.1. The van der Waals surface area contributed by atoms with Crippen LogP contribution in [0.5, 0.6) is 0 Å². The molecule has 0 aliphatic rings. The molecule has 41 heavy (non-hydrogen) atoms. The van der Waals surface area contributed by atoms with Gasteiger partial charge >= 0.3 is 5.97 Å². The molecule has 0 aliphatic carbocycles. The molecule has 2 heterocycles. The van der Waals surface area contributed by atoms with Crippen LogP contribution in [0.4, 0.5) is 0 Å². The lowest BCUT2D eigenvalue weighted by atomic mass is 10.0. The summed E-state index contributed by atoms with van der Waals surface area (Å²) < 4.78 is 9.11. The van der Waals surface area contributed by atoms with Crippen molar-refractivity contribution in [1.29, 1.82) is 0 Å². The summed E-state index contributed by atoms with van der Waals surface area (Å²) in [5.74, 6) is -0.440. The summed E-state index contributed by atoms with van der Waals surface area (Å²) in [6.45, 7) is 17.9. The number of aryl methyl sites for hydroxylation is 6. The molecule has 0 saturated heterocycles. The first-order chi connectivity index (χ1) is 19.5. The fraction of sp³-hybridized carbons (Fsp3) is 0.242. The summed E-state index contributed by atoms with van der Waals surface area (Å²) in [5, 5.41) is 17.9. The SMILES string of the molecule is C=C(C)C(=O)OCc1cc(-c2cn(-c3c(C)cc(C)cc3C)nn2)cc(-c2cn(-c3c(C)cc(C)cc3C)nn2)c1. The molecule has 0 radical (unpaired) electrons. The van der Waals surface area contributed by atoms with E-state index in [1.54, 1.807) is 6.92 Å². The van der Waals surface area contributed by atoms with Gasteiger partial charge in [0.2, 0.25) is 0 Å². The Balaban J connectivity index is 1.57. The molecule has 8 heteroatoms. The molecule has 208 valence electrons. The normalized spacial score (nSPS) is 11.1. The Morgan fingerprint density at radius 1 is 0.707 bits per heavy atom. The molecular weight excluding hydrogens is 512 g/mol. The fourth-order valence-electron chi connectivity index (χ4n) is 5.42. The van der Waals surface area contributed by atoms with E-state index >= 15 is 0 Å². The van der Waals surface area contributed by atoms with Gasteiger partial charge in [0, 0.05) is 16.7 Å². The highest BCUT2D eigenvalue weighted by molar-refractivity contribution is 5.87. The van der Waals surface area contributed by atoms with Gasteiger partial charge in [-0.2, -0.15) is 0 Å². The Kier molecular flexibility index (Phi) is 7.41. The van der Waals surface area contributed by atoms with Crippen LogP contribution in [0.3, 0.4) is 0 Å². The summed E-state index contributed by atoms with van der Waals surface area (Å²) in [6, 6.07) is 14.5. The maximum absolute atomic E-state index is 12.1. The standard InChI is InChI=1S/C33H34N6O2/c1-19(2)33(40)41-18-26-13-27(29-16-38(36-34-29)31-22(5)9-20(3)10-23(31)6)15-28(14-26)30-17-39(37-35-30)32-24(7)11-21(4)12-25(32)8/h9-17H,1,18H2,2-8H3. The number of hydrogen-bond donors (Lipinski definition) is 0. The molecule has 0 spiro atoms. The fourth-order valence-corrected chi connectivity index (χ4v) is 5.42. The molecule has 0 unspecified atom stereocenters. The zero-order valence-corrected chi connectivity index (χ0v) is 24.6. The van der Waals surface area contributed by atoms with Crippen LogP contribution >= 0.6 is 0 Å². The maximum Gasteiger partial charge on any atom is 0.333 e. The Hall–Kier alpha value is -4.85. The number of esters is 1. The molecular formula is C33H34N6O2. The van der Waals surface area contributed by atoms with E-state index in [2.05, 4.69) is 93.0 Å². The van der Waals surface area contributed by atoms with Crippen LogP contribution in [-0.2, 0) is 16.1 Å². The van der Waals surface area contributed by atoms with E-state index in [9.17, 15) is 4.79 Å². The maximum atomic E-state index is 12.1. The van der Waals surface area contributed by atoms with Gasteiger partial charge in [0.05, 0.1) is 23.8 Å². The van der Waals surface area contributed by atoms with Crippen LogP contribution in [0, 0.1) is 41.5 Å². The number of aromatic nitrogens is 6. The second-order valence-electron chi connectivity index (χ2n) is 10.9.